The molecule has 0 aliphatic rings. The summed E-state index contributed by atoms with van der Waals surface area (Å²) in [5.41, 5.74) is 7.32. The molecule has 0 fully saturated rings. The Bertz CT molecular complexity index is 613. The summed E-state index contributed by atoms with van der Waals surface area (Å²) < 4.78 is 5.43. The number of nitrogen functional groups attached to an aromatic ring is 1. The Morgan fingerprint density at radius 1 is 1.55 bits per heavy atom. The summed E-state index contributed by atoms with van der Waals surface area (Å²) in [6.45, 7) is 2.52. The van der Waals surface area contributed by atoms with Crippen molar-refractivity contribution < 1.29 is 14.6 Å². The van der Waals surface area contributed by atoms with Crippen LogP contribution in [-0.4, -0.2) is 22.7 Å². The number of rotatable bonds is 6. The van der Waals surface area contributed by atoms with Crippen LogP contribution in [0.3, 0.4) is 0 Å². The van der Waals surface area contributed by atoms with Crippen LogP contribution >= 0.6 is 23.1 Å². The molecule has 2 aromatic rings. The third kappa shape index (κ3) is 3.64. The third-order valence-electron chi connectivity index (χ3n) is 2.41. The van der Waals surface area contributed by atoms with E-state index in [1.165, 1.54) is 11.8 Å². The van der Waals surface area contributed by atoms with Gasteiger partial charge in [0.05, 0.1) is 12.3 Å². The predicted octanol–water partition coefficient (Wildman–Crippen LogP) is 3.11. The fraction of sp³-hybridized carbons (Fsp3) is 0.231. The minimum absolute atomic E-state index is 0.108. The van der Waals surface area contributed by atoms with Gasteiger partial charge < -0.3 is 15.6 Å². The Kier molecular flexibility index (Phi) is 4.86. The maximum atomic E-state index is 10.8. The zero-order valence-electron chi connectivity index (χ0n) is 10.8. The predicted molar refractivity (Wildman–Crippen MR) is 80.7 cm³/mol. The number of anilines is 1. The summed E-state index contributed by atoms with van der Waals surface area (Å²) in [4.78, 5) is 15.7. The van der Waals surface area contributed by atoms with Gasteiger partial charge in [0, 0.05) is 21.7 Å². The molecule has 0 radical (unpaired) electrons. The second-order valence-electron chi connectivity index (χ2n) is 3.87. The highest BCUT2D eigenvalue weighted by Crippen LogP contribution is 2.31. The van der Waals surface area contributed by atoms with Crippen LogP contribution in [0.25, 0.3) is 0 Å². The van der Waals surface area contributed by atoms with Crippen LogP contribution in [-0.2, 0) is 5.75 Å². The van der Waals surface area contributed by atoms with Gasteiger partial charge in [-0.3, -0.25) is 0 Å². The molecule has 1 aromatic carbocycles. The Morgan fingerprint density at radius 2 is 2.35 bits per heavy atom. The first-order valence-electron chi connectivity index (χ1n) is 5.93. The topological polar surface area (TPSA) is 85.4 Å². The first kappa shape index (κ1) is 14.7. The fourth-order valence-corrected chi connectivity index (χ4v) is 3.16. The van der Waals surface area contributed by atoms with Crippen molar-refractivity contribution in [2.24, 2.45) is 0 Å². The van der Waals surface area contributed by atoms with Crippen molar-refractivity contribution in [3.63, 3.8) is 0 Å². The quantitative estimate of drug-likeness (QED) is 0.630. The van der Waals surface area contributed by atoms with Crippen LogP contribution in [0.2, 0.25) is 0 Å². The minimum atomic E-state index is -0.996. The molecule has 3 N–H and O–H groups in total. The molecule has 5 nitrogen and oxygen atoms in total. The van der Waals surface area contributed by atoms with Crippen molar-refractivity contribution in [3.8, 4) is 5.75 Å². The van der Waals surface area contributed by atoms with E-state index in [2.05, 4.69) is 4.98 Å². The van der Waals surface area contributed by atoms with E-state index < -0.39 is 5.97 Å². The van der Waals surface area contributed by atoms with E-state index >= 15 is 0 Å². The zero-order chi connectivity index (χ0) is 14.5. The summed E-state index contributed by atoms with van der Waals surface area (Å²) in [7, 11) is 0. The lowest BCUT2D eigenvalue weighted by Crippen LogP contribution is -1.96. The standard InChI is InChI=1S/C13H14N2O3S2/c1-2-18-9-3-4-10(14)11(5-9)19-6-8-7-20-12(15-8)13(16)17/h3-5,7H,2,6,14H2,1H3,(H,16,17). The van der Waals surface area contributed by atoms with Crippen molar-refractivity contribution in [1.29, 1.82) is 0 Å². The maximum absolute atomic E-state index is 10.8. The van der Waals surface area contributed by atoms with Gasteiger partial charge in [-0.05, 0) is 25.1 Å². The molecule has 1 aromatic heterocycles. The van der Waals surface area contributed by atoms with Gasteiger partial charge in [0.25, 0.3) is 0 Å². The van der Waals surface area contributed by atoms with Crippen molar-refractivity contribution in [1.82, 2.24) is 4.98 Å². The molecule has 0 atom stereocenters. The number of carboxylic acids is 1. The number of hydrogen-bond donors (Lipinski definition) is 2. The molecule has 0 unspecified atom stereocenters. The molecule has 0 spiro atoms. The van der Waals surface area contributed by atoms with Gasteiger partial charge in [0.1, 0.15) is 5.75 Å². The van der Waals surface area contributed by atoms with E-state index in [1.807, 2.05) is 19.1 Å². The Hall–Kier alpha value is -1.73. The minimum Gasteiger partial charge on any atom is -0.494 e. The van der Waals surface area contributed by atoms with Crippen LogP contribution in [0.5, 0.6) is 5.75 Å². The van der Waals surface area contributed by atoms with Gasteiger partial charge >= 0.3 is 5.97 Å². The highest BCUT2D eigenvalue weighted by Gasteiger charge is 2.10. The summed E-state index contributed by atoms with van der Waals surface area (Å²) in [5, 5.41) is 10.7. The second-order valence-corrected chi connectivity index (χ2v) is 5.75. The van der Waals surface area contributed by atoms with Crippen LogP contribution < -0.4 is 10.5 Å². The lowest BCUT2D eigenvalue weighted by Gasteiger charge is -2.08. The average Bonchev–Trinajstić information content (AvgIpc) is 2.89. The summed E-state index contributed by atoms with van der Waals surface area (Å²) in [5.74, 6) is 0.349. The number of benzene rings is 1. The van der Waals surface area contributed by atoms with E-state index in [-0.39, 0.29) is 5.01 Å². The van der Waals surface area contributed by atoms with Crippen LogP contribution in [0, 0.1) is 0 Å². The lowest BCUT2D eigenvalue weighted by atomic mass is 10.3. The monoisotopic (exact) mass is 310 g/mol. The number of hydrogen-bond acceptors (Lipinski definition) is 6. The van der Waals surface area contributed by atoms with Crippen LogP contribution in [0.15, 0.2) is 28.5 Å². The maximum Gasteiger partial charge on any atom is 0.365 e. The van der Waals surface area contributed by atoms with Crippen LogP contribution in [0.1, 0.15) is 22.4 Å². The number of carbonyl (C=O) groups is 1. The third-order valence-corrected chi connectivity index (χ3v) is 4.39. The van der Waals surface area contributed by atoms with Gasteiger partial charge in [-0.25, -0.2) is 9.78 Å². The summed E-state index contributed by atoms with van der Waals surface area (Å²) in [6.07, 6.45) is 0. The number of nitrogens with two attached hydrogens (primary N) is 1. The van der Waals surface area contributed by atoms with Gasteiger partial charge in [-0.15, -0.1) is 23.1 Å². The van der Waals surface area contributed by atoms with E-state index in [1.54, 1.807) is 11.4 Å². The van der Waals surface area contributed by atoms with E-state index in [4.69, 9.17) is 15.6 Å². The van der Waals surface area contributed by atoms with Gasteiger partial charge in [-0.2, -0.15) is 0 Å². The van der Waals surface area contributed by atoms with E-state index in [0.717, 1.165) is 27.7 Å². The van der Waals surface area contributed by atoms with Crippen molar-refractivity contribution in [2.75, 3.05) is 12.3 Å². The molecule has 106 valence electrons. The fourth-order valence-electron chi connectivity index (χ4n) is 1.52. The van der Waals surface area contributed by atoms with Crippen LogP contribution in [0.4, 0.5) is 5.69 Å². The number of thiazole rings is 1. The Balaban J connectivity index is 2.05. The number of carboxylic acid groups (broad SMARTS) is 1. The molecular weight excluding hydrogens is 296 g/mol. The molecule has 7 heteroatoms. The molecule has 0 aliphatic heterocycles. The average molecular weight is 310 g/mol. The molecule has 2 rings (SSSR count). The molecule has 20 heavy (non-hydrogen) atoms. The first-order chi connectivity index (χ1) is 9.60. The molecule has 0 saturated heterocycles. The molecule has 1 heterocycles. The smallest absolute Gasteiger partial charge is 0.365 e. The second kappa shape index (κ2) is 6.62. The zero-order valence-corrected chi connectivity index (χ0v) is 12.5. The van der Waals surface area contributed by atoms with Crippen molar-refractivity contribution in [2.45, 2.75) is 17.6 Å². The molecular formula is C13H14N2O3S2. The van der Waals surface area contributed by atoms with Gasteiger partial charge in [0.2, 0.25) is 5.01 Å². The highest BCUT2D eigenvalue weighted by atomic mass is 32.2. The summed E-state index contributed by atoms with van der Waals surface area (Å²) >= 11 is 2.64. The van der Waals surface area contributed by atoms with Gasteiger partial charge in [-0.1, -0.05) is 0 Å². The Morgan fingerprint density at radius 3 is 3.00 bits per heavy atom. The Labute approximate surface area is 124 Å². The highest BCUT2D eigenvalue weighted by molar-refractivity contribution is 7.98. The number of nitrogens with zero attached hydrogens (tertiary/aromatic N) is 1. The molecule has 0 amide bonds. The van der Waals surface area contributed by atoms with Crippen molar-refractivity contribution in [3.05, 3.63) is 34.3 Å². The molecule has 0 aliphatic carbocycles. The molecule has 0 bridgehead atoms. The van der Waals surface area contributed by atoms with E-state index in [9.17, 15) is 4.79 Å². The largest absolute Gasteiger partial charge is 0.494 e. The lowest BCUT2D eigenvalue weighted by molar-refractivity contribution is 0.0696. The SMILES string of the molecule is CCOc1ccc(N)c(SCc2csc(C(=O)O)n2)c1. The van der Waals surface area contributed by atoms with Crippen molar-refractivity contribution >= 4 is 34.8 Å². The number of aromatic nitrogens is 1. The number of ether oxygens (including phenoxy) is 1. The summed E-state index contributed by atoms with van der Waals surface area (Å²) in [6, 6.07) is 5.51. The molecule has 0 saturated carbocycles. The first-order valence-corrected chi connectivity index (χ1v) is 7.79. The number of aromatic carboxylic acids is 1. The van der Waals surface area contributed by atoms with E-state index in [0.29, 0.717) is 18.0 Å². The van der Waals surface area contributed by atoms with Gasteiger partial charge in [0.15, 0.2) is 0 Å². The normalized spacial score (nSPS) is 10.4. The number of thioether (sulfide) groups is 1.